The number of carbonyl (C=O) groups excluding carboxylic acids is 1. The number of anilines is 1. The van der Waals surface area contributed by atoms with Crippen molar-refractivity contribution < 1.29 is 4.79 Å². The first-order chi connectivity index (χ1) is 9.41. The van der Waals surface area contributed by atoms with E-state index in [2.05, 4.69) is 25.7 Å². The summed E-state index contributed by atoms with van der Waals surface area (Å²) in [7, 11) is 0. The fraction of sp³-hybridized carbons (Fsp3) is 0.588. The number of rotatable bonds is 2. The molecular formula is C17H24ClNO. The molecule has 2 nitrogen and oxygen atoms in total. The summed E-state index contributed by atoms with van der Waals surface area (Å²) >= 11 is 6.13. The molecule has 1 unspecified atom stereocenters. The van der Waals surface area contributed by atoms with Crippen LogP contribution in [0.4, 0.5) is 5.69 Å². The quantitative estimate of drug-likeness (QED) is 0.730. The van der Waals surface area contributed by atoms with Gasteiger partial charge in [-0.25, -0.2) is 0 Å². The highest BCUT2D eigenvalue weighted by Crippen LogP contribution is 2.35. The molecule has 0 aromatic heterocycles. The number of aldehydes is 1. The summed E-state index contributed by atoms with van der Waals surface area (Å²) in [4.78, 5) is 13.2. The summed E-state index contributed by atoms with van der Waals surface area (Å²) in [5.41, 5.74) is 2.09. The lowest BCUT2D eigenvalue weighted by molar-refractivity contribution is 0.112. The van der Waals surface area contributed by atoms with Crippen LogP contribution in [0.1, 0.15) is 50.4 Å². The Morgan fingerprint density at radius 1 is 1.25 bits per heavy atom. The Hall–Kier alpha value is -1.02. The van der Waals surface area contributed by atoms with E-state index < -0.39 is 0 Å². The number of halogens is 1. The van der Waals surface area contributed by atoms with E-state index in [9.17, 15) is 4.79 Å². The van der Waals surface area contributed by atoms with Gasteiger partial charge in [0.15, 0.2) is 6.29 Å². The van der Waals surface area contributed by atoms with E-state index in [-0.39, 0.29) is 0 Å². The zero-order valence-electron chi connectivity index (χ0n) is 12.7. The molecule has 0 N–H and O–H groups in total. The average Bonchev–Trinajstić information content (AvgIpc) is 2.63. The third-order valence-electron chi connectivity index (χ3n) is 4.43. The Kier molecular flexibility index (Phi) is 4.74. The standard InChI is InChI=1S/C17H24ClNO/c1-17(2,3)14-5-4-9-19(10-8-14)15-7-6-13(12-20)16(18)11-15/h6-7,11-12,14H,4-5,8-10H2,1-3H3. The van der Waals surface area contributed by atoms with Crippen LogP contribution in [0, 0.1) is 11.3 Å². The number of hydrogen-bond acceptors (Lipinski definition) is 2. The highest BCUT2D eigenvalue weighted by molar-refractivity contribution is 6.33. The summed E-state index contributed by atoms with van der Waals surface area (Å²) in [5, 5.41) is 0.550. The second-order valence-corrected chi connectivity index (χ2v) is 7.21. The molecule has 1 fully saturated rings. The van der Waals surface area contributed by atoms with Crippen LogP contribution in [0.25, 0.3) is 0 Å². The topological polar surface area (TPSA) is 20.3 Å². The van der Waals surface area contributed by atoms with Gasteiger partial charge >= 0.3 is 0 Å². The fourth-order valence-electron chi connectivity index (χ4n) is 3.03. The molecule has 110 valence electrons. The first kappa shape index (κ1) is 15.4. The second kappa shape index (κ2) is 6.17. The van der Waals surface area contributed by atoms with Crippen LogP contribution in [0.3, 0.4) is 0 Å². The van der Waals surface area contributed by atoms with Crippen molar-refractivity contribution in [1.82, 2.24) is 0 Å². The highest BCUT2D eigenvalue weighted by Gasteiger charge is 2.27. The molecule has 1 aromatic carbocycles. The number of hydrogen-bond donors (Lipinski definition) is 0. The van der Waals surface area contributed by atoms with Gasteiger partial charge in [0.1, 0.15) is 0 Å². The summed E-state index contributed by atoms with van der Waals surface area (Å²) in [6, 6.07) is 5.74. The van der Waals surface area contributed by atoms with Crippen molar-refractivity contribution in [3.05, 3.63) is 28.8 Å². The van der Waals surface area contributed by atoms with Crippen LogP contribution in [0.15, 0.2) is 18.2 Å². The van der Waals surface area contributed by atoms with E-state index in [1.54, 1.807) is 0 Å². The first-order valence-electron chi connectivity index (χ1n) is 7.41. The molecule has 0 spiro atoms. The normalized spacial score (nSPS) is 20.6. The maximum absolute atomic E-state index is 10.8. The van der Waals surface area contributed by atoms with Gasteiger partial charge in [-0.15, -0.1) is 0 Å². The van der Waals surface area contributed by atoms with Crippen molar-refractivity contribution in [2.24, 2.45) is 11.3 Å². The van der Waals surface area contributed by atoms with Crippen LogP contribution in [0.5, 0.6) is 0 Å². The molecule has 1 aromatic rings. The lowest BCUT2D eigenvalue weighted by Gasteiger charge is -2.30. The number of benzene rings is 1. The molecule has 2 rings (SSSR count). The van der Waals surface area contributed by atoms with Gasteiger partial charge in [-0.05, 0) is 48.8 Å². The third-order valence-corrected chi connectivity index (χ3v) is 4.76. The zero-order chi connectivity index (χ0) is 14.8. The van der Waals surface area contributed by atoms with E-state index >= 15 is 0 Å². The average molecular weight is 294 g/mol. The molecule has 3 heteroatoms. The Labute approximate surface area is 127 Å². The molecule has 0 saturated carbocycles. The Morgan fingerprint density at radius 3 is 2.60 bits per heavy atom. The van der Waals surface area contributed by atoms with Crippen LogP contribution in [-0.4, -0.2) is 19.4 Å². The molecule has 1 saturated heterocycles. The lowest BCUT2D eigenvalue weighted by Crippen LogP contribution is -2.26. The molecule has 20 heavy (non-hydrogen) atoms. The van der Waals surface area contributed by atoms with Crippen molar-refractivity contribution in [2.45, 2.75) is 40.0 Å². The molecule has 1 heterocycles. The monoisotopic (exact) mass is 293 g/mol. The fourth-order valence-corrected chi connectivity index (χ4v) is 3.25. The largest absolute Gasteiger partial charge is 0.371 e. The molecule has 1 atom stereocenters. The Morgan fingerprint density at radius 2 is 2.00 bits per heavy atom. The van der Waals surface area contributed by atoms with E-state index in [4.69, 9.17) is 11.6 Å². The van der Waals surface area contributed by atoms with Gasteiger partial charge in [-0.1, -0.05) is 32.4 Å². The van der Waals surface area contributed by atoms with Crippen LogP contribution < -0.4 is 4.90 Å². The third kappa shape index (κ3) is 3.54. The van der Waals surface area contributed by atoms with Gasteiger partial charge in [0.2, 0.25) is 0 Å². The van der Waals surface area contributed by atoms with Gasteiger partial charge in [0.05, 0.1) is 5.02 Å². The Bertz CT molecular complexity index is 478. The number of carbonyl (C=O) groups is 1. The minimum absolute atomic E-state index is 0.384. The SMILES string of the molecule is CC(C)(C)C1CCCN(c2ccc(C=O)c(Cl)c2)CC1. The van der Waals surface area contributed by atoms with Gasteiger partial charge in [0, 0.05) is 24.3 Å². The van der Waals surface area contributed by atoms with Crippen molar-refractivity contribution >= 4 is 23.6 Å². The minimum atomic E-state index is 0.384. The molecule has 1 aliphatic rings. The molecular weight excluding hydrogens is 270 g/mol. The second-order valence-electron chi connectivity index (χ2n) is 6.80. The van der Waals surface area contributed by atoms with E-state index in [1.165, 1.54) is 19.3 Å². The van der Waals surface area contributed by atoms with Gasteiger partial charge in [-0.3, -0.25) is 4.79 Å². The van der Waals surface area contributed by atoms with Crippen LogP contribution in [0.2, 0.25) is 5.02 Å². The molecule has 0 aliphatic carbocycles. The van der Waals surface area contributed by atoms with Crippen molar-refractivity contribution in [3.63, 3.8) is 0 Å². The summed E-state index contributed by atoms with van der Waals surface area (Å²) in [5.74, 6) is 0.775. The predicted molar refractivity (Wildman–Crippen MR) is 85.8 cm³/mol. The molecule has 0 radical (unpaired) electrons. The summed E-state index contributed by atoms with van der Waals surface area (Å²) < 4.78 is 0. The van der Waals surface area contributed by atoms with Crippen molar-refractivity contribution in [2.75, 3.05) is 18.0 Å². The maximum atomic E-state index is 10.8. The van der Waals surface area contributed by atoms with Crippen molar-refractivity contribution in [1.29, 1.82) is 0 Å². The zero-order valence-corrected chi connectivity index (χ0v) is 13.4. The van der Waals surface area contributed by atoms with Crippen LogP contribution in [-0.2, 0) is 0 Å². The molecule has 0 bridgehead atoms. The lowest BCUT2D eigenvalue weighted by atomic mass is 9.77. The minimum Gasteiger partial charge on any atom is -0.371 e. The van der Waals surface area contributed by atoms with Gasteiger partial charge in [0.25, 0.3) is 0 Å². The van der Waals surface area contributed by atoms with Crippen LogP contribution >= 0.6 is 11.6 Å². The van der Waals surface area contributed by atoms with E-state index in [0.717, 1.165) is 31.0 Å². The van der Waals surface area contributed by atoms with Crippen molar-refractivity contribution in [3.8, 4) is 0 Å². The maximum Gasteiger partial charge on any atom is 0.151 e. The Balaban J connectivity index is 2.11. The number of nitrogens with zero attached hydrogens (tertiary/aromatic N) is 1. The van der Waals surface area contributed by atoms with E-state index in [0.29, 0.717) is 16.0 Å². The summed E-state index contributed by atoms with van der Waals surface area (Å²) in [6.07, 6.45) is 4.54. The van der Waals surface area contributed by atoms with E-state index in [1.807, 2.05) is 18.2 Å². The first-order valence-corrected chi connectivity index (χ1v) is 7.79. The van der Waals surface area contributed by atoms with Gasteiger partial charge < -0.3 is 4.90 Å². The highest BCUT2D eigenvalue weighted by atomic mass is 35.5. The predicted octanol–water partition coefficient (Wildman–Crippen LogP) is 4.81. The summed E-state index contributed by atoms with van der Waals surface area (Å²) in [6.45, 7) is 9.15. The molecule has 1 aliphatic heterocycles. The molecule has 0 amide bonds. The smallest absolute Gasteiger partial charge is 0.151 e. The van der Waals surface area contributed by atoms with Gasteiger partial charge in [-0.2, -0.15) is 0 Å².